The lowest BCUT2D eigenvalue weighted by atomic mass is 9.78. The van der Waals surface area contributed by atoms with E-state index in [-0.39, 0.29) is 17.9 Å². The minimum atomic E-state index is -0.562. The third kappa shape index (κ3) is 3.44. The van der Waals surface area contributed by atoms with Gasteiger partial charge in [-0.15, -0.1) is 0 Å². The van der Waals surface area contributed by atoms with Gasteiger partial charge in [0.1, 0.15) is 6.04 Å². The fourth-order valence-corrected chi connectivity index (χ4v) is 4.64. The van der Waals surface area contributed by atoms with E-state index in [1.807, 2.05) is 54.6 Å². The molecule has 146 valence electrons. The summed E-state index contributed by atoms with van der Waals surface area (Å²) in [4.78, 5) is 28.2. The molecule has 0 radical (unpaired) electrons. The molecule has 2 amide bonds. The number of hydrogen-bond donors (Lipinski definition) is 1. The summed E-state index contributed by atoms with van der Waals surface area (Å²) in [7, 11) is 0. The second-order valence-electron chi connectivity index (χ2n) is 8.29. The first-order valence-corrected chi connectivity index (χ1v) is 10.3. The Hall–Kier alpha value is -2.62. The molecule has 2 aromatic carbocycles. The van der Waals surface area contributed by atoms with Crippen LogP contribution < -0.4 is 5.32 Å². The third-order valence-electron chi connectivity index (χ3n) is 6.54. The molecule has 4 unspecified atom stereocenters. The van der Waals surface area contributed by atoms with Gasteiger partial charge in [-0.05, 0) is 35.4 Å². The molecule has 1 heterocycles. The Kier molecular flexibility index (Phi) is 5.21. The largest absolute Gasteiger partial charge is 0.351 e. The molecule has 2 aliphatic rings. The molecule has 2 aromatic rings. The lowest BCUT2D eigenvalue weighted by Gasteiger charge is -2.36. The molecule has 28 heavy (non-hydrogen) atoms. The van der Waals surface area contributed by atoms with Crippen molar-refractivity contribution in [1.29, 1.82) is 0 Å². The predicted molar refractivity (Wildman–Crippen MR) is 110 cm³/mol. The molecule has 1 N–H and O–H groups in total. The summed E-state index contributed by atoms with van der Waals surface area (Å²) in [5.41, 5.74) is 2.49. The quantitative estimate of drug-likeness (QED) is 0.864. The van der Waals surface area contributed by atoms with Crippen molar-refractivity contribution in [2.24, 2.45) is 11.8 Å². The highest BCUT2D eigenvalue weighted by Gasteiger charge is 2.42. The maximum atomic E-state index is 13.4. The lowest BCUT2D eigenvalue weighted by molar-refractivity contribution is -0.127. The Morgan fingerprint density at radius 1 is 1.04 bits per heavy atom. The number of rotatable bonds is 4. The van der Waals surface area contributed by atoms with E-state index in [0.29, 0.717) is 23.9 Å². The van der Waals surface area contributed by atoms with E-state index in [0.717, 1.165) is 24.0 Å². The topological polar surface area (TPSA) is 49.4 Å². The smallest absolute Gasteiger partial charge is 0.255 e. The van der Waals surface area contributed by atoms with Crippen molar-refractivity contribution in [3.63, 3.8) is 0 Å². The van der Waals surface area contributed by atoms with E-state index < -0.39 is 6.04 Å². The van der Waals surface area contributed by atoms with E-state index in [1.54, 1.807) is 4.90 Å². The molecule has 1 aliphatic carbocycles. The summed E-state index contributed by atoms with van der Waals surface area (Å²) in [5.74, 6) is 0.939. The van der Waals surface area contributed by atoms with Crippen LogP contribution in [0.15, 0.2) is 54.6 Å². The fourth-order valence-electron chi connectivity index (χ4n) is 4.64. The number of hydrogen-bond acceptors (Lipinski definition) is 2. The van der Waals surface area contributed by atoms with Crippen LogP contribution in [0.2, 0.25) is 0 Å². The highest BCUT2D eigenvalue weighted by atomic mass is 16.2. The van der Waals surface area contributed by atoms with Crippen molar-refractivity contribution in [3.8, 4) is 0 Å². The van der Waals surface area contributed by atoms with Gasteiger partial charge in [0.15, 0.2) is 0 Å². The van der Waals surface area contributed by atoms with Gasteiger partial charge in [0, 0.05) is 18.2 Å². The molecule has 4 nitrogen and oxygen atoms in total. The van der Waals surface area contributed by atoms with Gasteiger partial charge < -0.3 is 10.2 Å². The van der Waals surface area contributed by atoms with Crippen LogP contribution in [0, 0.1) is 11.8 Å². The van der Waals surface area contributed by atoms with Crippen LogP contribution >= 0.6 is 0 Å². The van der Waals surface area contributed by atoms with Crippen molar-refractivity contribution in [1.82, 2.24) is 10.2 Å². The summed E-state index contributed by atoms with van der Waals surface area (Å²) in [6.45, 7) is 4.92. The van der Waals surface area contributed by atoms with Gasteiger partial charge in [-0.3, -0.25) is 9.59 Å². The maximum Gasteiger partial charge on any atom is 0.255 e. The number of amides is 2. The third-order valence-corrected chi connectivity index (χ3v) is 6.54. The number of nitrogens with one attached hydrogen (secondary N) is 1. The summed E-state index contributed by atoms with van der Waals surface area (Å²) in [5, 5.41) is 3.29. The van der Waals surface area contributed by atoms with Crippen molar-refractivity contribution in [3.05, 3.63) is 71.3 Å². The Balaban J connectivity index is 1.61. The van der Waals surface area contributed by atoms with Gasteiger partial charge >= 0.3 is 0 Å². The summed E-state index contributed by atoms with van der Waals surface area (Å²) >= 11 is 0. The molecule has 4 heteroatoms. The second kappa shape index (κ2) is 7.78. The molecular weight excluding hydrogens is 348 g/mol. The second-order valence-corrected chi connectivity index (χ2v) is 8.29. The van der Waals surface area contributed by atoms with E-state index in [4.69, 9.17) is 0 Å². The minimum absolute atomic E-state index is 0.0554. The number of nitrogens with zero attached hydrogens (tertiary/aromatic N) is 1. The van der Waals surface area contributed by atoms with Crippen molar-refractivity contribution in [2.45, 2.75) is 51.7 Å². The molecule has 1 aliphatic heterocycles. The first kappa shape index (κ1) is 18.7. The average Bonchev–Trinajstić information content (AvgIpc) is 2.98. The Bertz CT molecular complexity index is 864. The van der Waals surface area contributed by atoms with Crippen LogP contribution in [-0.4, -0.2) is 22.8 Å². The zero-order valence-electron chi connectivity index (χ0n) is 16.6. The normalized spacial score (nSPS) is 26.8. The molecule has 1 saturated carbocycles. The van der Waals surface area contributed by atoms with E-state index in [2.05, 4.69) is 19.2 Å². The zero-order chi connectivity index (χ0) is 19.7. The molecule has 1 fully saturated rings. The SMILES string of the molecule is CC1CCCC(NC(=O)C2c3ccccc3C(=O)N2Cc2ccccc2)C1C. The van der Waals surface area contributed by atoms with Gasteiger partial charge in [-0.25, -0.2) is 0 Å². The average molecular weight is 377 g/mol. The first-order chi connectivity index (χ1) is 13.6. The van der Waals surface area contributed by atoms with Crippen LogP contribution in [-0.2, 0) is 11.3 Å². The molecule has 0 saturated heterocycles. The van der Waals surface area contributed by atoms with Gasteiger partial charge in [-0.2, -0.15) is 0 Å². The van der Waals surface area contributed by atoms with Gasteiger partial charge in [-0.1, -0.05) is 75.2 Å². The van der Waals surface area contributed by atoms with Crippen LogP contribution in [0.5, 0.6) is 0 Å². The number of fused-ring (bicyclic) bond motifs is 1. The molecule has 0 bridgehead atoms. The van der Waals surface area contributed by atoms with Crippen LogP contribution in [0.1, 0.15) is 60.6 Å². The number of carbonyl (C=O) groups is 2. The summed E-state index contributed by atoms with van der Waals surface area (Å²) in [6.07, 6.45) is 3.38. The Morgan fingerprint density at radius 2 is 1.75 bits per heavy atom. The molecule has 4 atom stereocenters. The zero-order valence-corrected chi connectivity index (χ0v) is 16.6. The molecule has 4 rings (SSSR count). The number of carbonyl (C=O) groups excluding carboxylic acids is 2. The van der Waals surface area contributed by atoms with E-state index >= 15 is 0 Å². The van der Waals surface area contributed by atoms with Crippen LogP contribution in [0.3, 0.4) is 0 Å². The molecule has 0 spiro atoms. The lowest BCUT2D eigenvalue weighted by Crippen LogP contribution is -2.48. The van der Waals surface area contributed by atoms with Gasteiger partial charge in [0.25, 0.3) is 5.91 Å². The van der Waals surface area contributed by atoms with Crippen molar-refractivity contribution >= 4 is 11.8 Å². The van der Waals surface area contributed by atoms with E-state index in [9.17, 15) is 9.59 Å². The Labute approximate surface area is 166 Å². The maximum absolute atomic E-state index is 13.4. The standard InChI is InChI=1S/C24H28N2O2/c1-16-9-8-14-21(17(16)2)25-23(27)22-19-12-6-7-13-20(19)24(28)26(22)15-18-10-4-3-5-11-18/h3-7,10-13,16-17,21-22H,8-9,14-15H2,1-2H3,(H,25,27). The van der Waals surface area contributed by atoms with Crippen LogP contribution in [0.4, 0.5) is 0 Å². The van der Waals surface area contributed by atoms with Crippen LogP contribution in [0.25, 0.3) is 0 Å². The predicted octanol–water partition coefficient (Wildman–Crippen LogP) is 4.32. The van der Waals surface area contributed by atoms with Gasteiger partial charge in [0.05, 0.1) is 0 Å². The van der Waals surface area contributed by atoms with Crippen molar-refractivity contribution < 1.29 is 9.59 Å². The van der Waals surface area contributed by atoms with E-state index in [1.165, 1.54) is 6.42 Å². The number of benzene rings is 2. The fraction of sp³-hybridized carbons (Fsp3) is 0.417. The monoisotopic (exact) mass is 376 g/mol. The summed E-state index contributed by atoms with van der Waals surface area (Å²) < 4.78 is 0. The van der Waals surface area contributed by atoms with Gasteiger partial charge in [0.2, 0.25) is 5.91 Å². The van der Waals surface area contributed by atoms with Crippen molar-refractivity contribution in [2.75, 3.05) is 0 Å². The summed E-state index contributed by atoms with van der Waals surface area (Å²) in [6, 6.07) is 17.0. The Morgan fingerprint density at radius 3 is 2.54 bits per heavy atom. The molecule has 0 aromatic heterocycles. The minimum Gasteiger partial charge on any atom is -0.351 e. The highest BCUT2D eigenvalue weighted by molar-refractivity contribution is 6.04. The first-order valence-electron chi connectivity index (χ1n) is 10.3. The highest BCUT2D eigenvalue weighted by Crippen LogP contribution is 2.36. The molecular formula is C24H28N2O2.